The number of thiophene rings is 1. The lowest BCUT2D eigenvalue weighted by Crippen LogP contribution is -2.25. The van der Waals surface area contributed by atoms with Gasteiger partial charge in [0, 0.05) is 5.38 Å². The van der Waals surface area contributed by atoms with E-state index in [1.165, 1.54) is 11.3 Å². The highest BCUT2D eigenvalue weighted by Gasteiger charge is 2.13. The predicted octanol–water partition coefficient (Wildman–Crippen LogP) is 3.14. The maximum atomic E-state index is 11.8. The molecule has 0 aliphatic rings. The Hall–Kier alpha value is -1.55. The fraction of sp³-hybridized carbons (Fsp3) is 0.250. The van der Waals surface area contributed by atoms with E-state index in [-0.39, 0.29) is 11.9 Å². The molecule has 0 saturated carbocycles. The molecule has 2 aromatic rings. The average Bonchev–Trinajstić information content (AvgIpc) is 2.87. The van der Waals surface area contributed by atoms with Crippen LogP contribution in [0.1, 0.15) is 34.8 Å². The smallest absolute Gasteiger partial charge is 0.252 e. The third-order valence-corrected chi connectivity index (χ3v) is 3.00. The van der Waals surface area contributed by atoms with Crippen molar-refractivity contribution in [2.24, 2.45) is 0 Å². The minimum atomic E-state index is -0.110. The molecule has 0 aliphatic heterocycles. The zero-order valence-electron chi connectivity index (χ0n) is 9.19. The van der Waals surface area contributed by atoms with Gasteiger partial charge in [0.05, 0.1) is 11.6 Å². The van der Waals surface area contributed by atoms with Crippen molar-refractivity contribution >= 4 is 17.2 Å². The van der Waals surface area contributed by atoms with Crippen LogP contribution in [0.15, 0.2) is 33.4 Å². The van der Waals surface area contributed by atoms with Gasteiger partial charge in [-0.1, -0.05) is 0 Å². The molecule has 0 saturated heterocycles. The standard InChI is InChI=1S/C12H13NO2S/c1-8-3-4-11(15-8)9(2)13-12(14)10-5-6-16-7-10/h3-7,9H,1-2H3,(H,13,14)/t9-/m1/s1. The number of aryl methyl sites for hydroxylation is 1. The minimum Gasteiger partial charge on any atom is -0.464 e. The van der Waals surface area contributed by atoms with E-state index in [2.05, 4.69) is 5.32 Å². The Kier molecular flexibility index (Phi) is 3.10. The second-order valence-corrected chi connectivity index (χ2v) is 4.44. The molecule has 1 atom stereocenters. The van der Waals surface area contributed by atoms with E-state index in [0.29, 0.717) is 5.56 Å². The van der Waals surface area contributed by atoms with Gasteiger partial charge in [0.2, 0.25) is 0 Å². The number of rotatable bonds is 3. The molecule has 1 N–H and O–H groups in total. The van der Waals surface area contributed by atoms with Gasteiger partial charge in [-0.15, -0.1) is 0 Å². The molecule has 0 aromatic carbocycles. The Morgan fingerprint density at radius 2 is 2.25 bits per heavy atom. The molecule has 2 heterocycles. The van der Waals surface area contributed by atoms with Crippen LogP contribution in [0.3, 0.4) is 0 Å². The minimum absolute atomic E-state index is 0.0668. The Morgan fingerprint density at radius 1 is 1.44 bits per heavy atom. The van der Waals surface area contributed by atoms with Gasteiger partial charge in [-0.25, -0.2) is 0 Å². The van der Waals surface area contributed by atoms with Crippen LogP contribution in [0.4, 0.5) is 0 Å². The van der Waals surface area contributed by atoms with Crippen LogP contribution in [0, 0.1) is 6.92 Å². The summed E-state index contributed by atoms with van der Waals surface area (Å²) in [7, 11) is 0. The summed E-state index contributed by atoms with van der Waals surface area (Å²) in [5, 5.41) is 6.60. The lowest BCUT2D eigenvalue weighted by Gasteiger charge is -2.10. The number of amides is 1. The van der Waals surface area contributed by atoms with Gasteiger partial charge in [0.15, 0.2) is 0 Å². The summed E-state index contributed by atoms with van der Waals surface area (Å²) in [6.07, 6.45) is 0. The number of carbonyl (C=O) groups excluding carboxylic acids is 1. The topological polar surface area (TPSA) is 42.2 Å². The molecule has 0 aliphatic carbocycles. The Labute approximate surface area is 98.1 Å². The summed E-state index contributed by atoms with van der Waals surface area (Å²) < 4.78 is 5.45. The number of nitrogens with one attached hydrogen (secondary N) is 1. The molecule has 84 valence electrons. The zero-order valence-corrected chi connectivity index (χ0v) is 10.0. The van der Waals surface area contributed by atoms with E-state index in [4.69, 9.17) is 4.42 Å². The predicted molar refractivity (Wildman–Crippen MR) is 63.6 cm³/mol. The molecule has 16 heavy (non-hydrogen) atoms. The molecule has 4 heteroatoms. The van der Waals surface area contributed by atoms with Gasteiger partial charge >= 0.3 is 0 Å². The number of furan rings is 1. The van der Waals surface area contributed by atoms with Crippen molar-refractivity contribution in [1.29, 1.82) is 0 Å². The van der Waals surface area contributed by atoms with Crippen LogP contribution in [0.25, 0.3) is 0 Å². The molecule has 0 radical (unpaired) electrons. The molecular formula is C12H13NO2S. The van der Waals surface area contributed by atoms with E-state index >= 15 is 0 Å². The van der Waals surface area contributed by atoms with Gasteiger partial charge < -0.3 is 9.73 Å². The highest BCUT2D eigenvalue weighted by atomic mass is 32.1. The van der Waals surface area contributed by atoms with Crippen molar-refractivity contribution in [2.45, 2.75) is 19.9 Å². The zero-order chi connectivity index (χ0) is 11.5. The third-order valence-electron chi connectivity index (χ3n) is 2.32. The SMILES string of the molecule is Cc1ccc([C@@H](C)NC(=O)c2ccsc2)o1. The Morgan fingerprint density at radius 3 is 2.81 bits per heavy atom. The van der Waals surface area contributed by atoms with Gasteiger partial charge in [-0.2, -0.15) is 11.3 Å². The van der Waals surface area contributed by atoms with Crippen LogP contribution in [-0.2, 0) is 0 Å². The molecule has 0 unspecified atom stereocenters. The first-order valence-corrected chi connectivity index (χ1v) is 6.00. The summed E-state index contributed by atoms with van der Waals surface area (Å²) >= 11 is 1.51. The van der Waals surface area contributed by atoms with Crippen molar-refractivity contribution in [3.05, 3.63) is 46.0 Å². The maximum absolute atomic E-state index is 11.8. The van der Waals surface area contributed by atoms with Crippen molar-refractivity contribution in [1.82, 2.24) is 5.32 Å². The van der Waals surface area contributed by atoms with Crippen molar-refractivity contribution in [3.8, 4) is 0 Å². The van der Waals surface area contributed by atoms with Gasteiger partial charge in [-0.3, -0.25) is 4.79 Å². The van der Waals surface area contributed by atoms with Crippen LogP contribution in [0.5, 0.6) is 0 Å². The maximum Gasteiger partial charge on any atom is 0.252 e. The van der Waals surface area contributed by atoms with Crippen molar-refractivity contribution < 1.29 is 9.21 Å². The molecule has 2 aromatic heterocycles. The summed E-state index contributed by atoms with van der Waals surface area (Å²) in [4.78, 5) is 11.8. The van der Waals surface area contributed by atoms with Crippen molar-refractivity contribution in [2.75, 3.05) is 0 Å². The molecule has 3 nitrogen and oxygen atoms in total. The molecule has 0 bridgehead atoms. The van der Waals surface area contributed by atoms with E-state index in [0.717, 1.165) is 11.5 Å². The first kappa shape index (κ1) is 11.0. The fourth-order valence-electron chi connectivity index (χ4n) is 1.43. The summed E-state index contributed by atoms with van der Waals surface area (Å²) in [5.41, 5.74) is 0.695. The Bertz CT molecular complexity index is 473. The van der Waals surface area contributed by atoms with Gasteiger partial charge in [0.1, 0.15) is 11.5 Å². The summed E-state index contributed by atoms with van der Waals surface area (Å²) in [5.74, 6) is 1.57. The van der Waals surface area contributed by atoms with Gasteiger partial charge in [0.25, 0.3) is 5.91 Å². The Balaban J connectivity index is 2.03. The van der Waals surface area contributed by atoms with E-state index in [1.54, 1.807) is 6.07 Å². The molecule has 2 rings (SSSR count). The van der Waals surface area contributed by atoms with Crippen molar-refractivity contribution in [3.63, 3.8) is 0 Å². The molecule has 0 spiro atoms. The summed E-state index contributed by atoms with van der Waals surface area (Å²) in [6, 6.07) is 5.47. The van der Waals surface area contributed by atoms with Crippen LogP contribution in [0.2, 0.25) is 0 Å². The second kappa shape index (κ2) is 4.53. The number of carbonyl (C=O) groups is 1. The van der Waals surface area contributed by atoms with E-state index in [1.807, 2.05) is 36.7 Å². The lowest BCUT2D eigenvalue weighted by atomic mass is 10.2. The first-order chi connectivity index (χ1) is 7.66. The molecule has 1 amide bonds. The number of hydrogen-bond donors (Lipinski definition) is 1. The average molecular weight is 235 g/mol. The van der Waals surface area contributed by atoms with E-state index in [9.17, 15) is 4.79 Å². The normalized spacial score (nSPS) is 12.4. The third kappa shape index (κ3) is 2.33. The first-order valence-electron chi connectivity index (χ1n) is 5.06. The van der Waals surface area contributed by atoms with Crippen LogP contribution < -0.4 is 5.32 Å². The second-order valence-electron chi connectivity index (χ2n) is 3.66. The largest absolute Gasteiger partial charge is 0.464 e. The lowest BCUT2D eigenvalue weighted by molar-refractivity contribution is 0.0935. The molecule has 0 fully saturated rings. The quantitative estimate of drug-likeness (QED) is 0.888. The number of hydrogen-bond acceptors (Lipinski definition) is 3. The van der Waals surface area contributed by atoms with E-state index < -0.39 is 0 Å². The molecular weight excluding hydrogens is 222 g/mol. The summed E-state index contributed by atoms with van der Waals surface area (Å²) in [6.45, 7) is 3.79. The van der Waals surface area contributed by atoms with Gasteiger partial charge in [-0.05, 0) is 37.4 Å². The fourth-order valence-corrected chi connectivity index (χ4v) is 2.07. The van der Waals surface area contributed by atoms with Crippen LogP contribution >= 0.6 is 11.3 Å². The monoisotopic (exact) mass is 235 g/mol. The van der Waals surface area contributed by atoms with Crippen LogP contribution in [-0.4, -0.2) is 5.91 Å². The highest BCUT2D eigenvalue weighted by molar-refractivity contribution is 7.08. The highest BCUT2D eigenvalue weighted by Crippen LogP contribution is 2.16.